The van der Waals surface area contributed by atoms with Crippen LogP contribution in [-0.2, 0) is 17.7 Å². The van der Waals surface area contributed by atoms with E-state index in [1.165, 1.54) is 6.07 Å². The highest BCUT2D eigenvalue weighted by atomic mass is 19.2. The fraction of sp³-hybridized carbons (Fsp3) is 0.364. The molecule has 1 unspecified atom stereocenters. The summed E-state index contributed by atoms with van der Waals surface area (Å²) >= 11 is 0. The molecule has 1 aliphatic rings. The summed E-state index contributed by atoms with van der Waals surface area (Å²) in [6.45, 7) is 5.42. The molecule has 0 aliphatic heterocycles. The van der Waals surface area contributed by atoms with Crippen molar-refractivity contribution in [3.63, 3.8) is 0 Å². The Hall–Kier alpha value is -2.76. The van der Waals surface area contributed by atoms with Crippen molar-refractivity contribution in [1.29, 1.82) is 0 Å². The van der Waals surface area contributed by atoms with Crippen molar-refractivity contribution >= 4 is 12.4 Å². The molecule has 6 heteroatoms. The highest BCUT2D eigenvalue weighted by Gasteiger charge is 2.34. The second-order valence-electron chi connectivity index (χ2n) is 7.99. The third-order valence-corrected chi connectivity index (χ3v) is 4.69. The Labute approximate surface area is 163 Å². The molecule has 4 nitrogen and oxygen atoms in total. The average Bonchev–Trinajstić information content (AvgIpc) is 3.03. The zero-order valence-electron chi connectivity index (χ0n) is 16.2. The number of nitrogens with zero attached hydrogens (tertiary/aromatic N) is 1. The average molecular weight is 387 g/mol. The van der Waals surface area contributed by atoms with Gasteiger partial charge in [0.1, 0.15) is 11.9 Å². The first-order valence-corrected chi connectivity index (χ1v) is 9.19. The van der Waals surface area contributed by atoms with Gasteiger partial charge in [0.2, 0.25) is 0 Å². The van der Waals surface area contributed by atoms with Gasteiger partial charge in [-0.1, -0.05) is 18.2 Å². The van der Waals surface area contributed by atoms with Gasteiger partial charge < -0.3 is 4.74 Å². The summed E-state index contributed by atoms with van der Waals surface area (Å²) in [5.41, 5.74) is 2.32. The number of aldehydes is 1. The number of ether oxygens (including phenoxy) is 1. The lowest BCUT2D eigenvalue weighted by molar-refractivity contribution is 0.0136. The summed E-state index contributed by atoms with van der Waals surface area (Å²) in [4.78, 5) is 25.5. The molecule has 28 heavy (non-hydrogen) atoms. The molecule has 1 aliphatic carbocycles. The lowest BCUT2D eigenvalue weighted by Gasteiger charge is -2.32. The van der Waals surface area contributed by atoms with Crippen LogP contribution in [-0.4, -0.2) is 22.9 Å². The summed E-state index contributed by atoms with van der Waals surface area (Å²) in [6, 6.07) is 8.73. The molecule has 3 rings (SSSR count). The number of fused-ring (bicyclic) bond motifs is 1. The predicted octanol–water partition coefficient (Wildman–Crippen LogP) is 5.20. The Morgan fingerprint density at radius 3 is 2.57 bits per heavy atom. The third-order valence-electron chi connectivity index (χ3n) is 4.69. The lowest BCUT2D eigenvalue weighted by Crippen LogP contribution is -2.38. The molecule has 0 heterocycles. The topological polar surface area (TPSA) is 46.6 Å². The summed E-state index contributed by atoms with van der Waals surface area (Å²) in [5, 5.41) is 0. The summed E-state index contributed by atoms with van der Waals surface area (Å²) < 4.78 is 32.5. The number of benzene rings is 2. The molecular formula is C22H23F2NO3. The summed E-state index contributed by atoms with van der Waals surface area (Å²) in [7, 11) is 0. The molecule has 1 amide bonds. The van der Waals surface area contributed by atoms with Gasteiger partial charge >= 0.3 is 6.09 Å². The van der Waals surface area contributed by atoms with Crippen molar-refractivity contribution in [2.75, 3.05) is 0 Å². The number of carbonyl (C=O) groups is 2. The lowest BCUT2D eigenvalue weighted by atomic mass is 10.0. The van der Waals surface area contributed by atoms with Crippen LogP contribution in [0, 0.1) is 11.6 Å². The second-order valence-corrected chi connectivity index (χ2v) is 7.99. The number of halogens is 2. The number of aryl methyl sites for hydroxylation is 1. The highest BCUT2D eigenvalue weighted by molar-refractivity contribution is 5.76. The third kappa shape index (κ3) is 4.38. The molecule has 0 spiro atoms. The van der Waals surface area contributed by atoms with E-state index in [9.17, 15) is 18.4 Å². The van der Waals surface area contributed by atoms with E-state index in [4.69, 9.17) is 4.74 Å². The van der Waals surface area contributed by atoms with Crippen LogP contribution in [0.4, 0.5) is 13.6 Å². The van der Waals surface area contributed by atoms with Crippen LogP contribution in [0.25, 0.3) is 0 Å². The van der Waals surface area contributed by atoms with Crippen LogP contribution in [0.1, 0.15) is 60.3 Å². The quantitative estimate of drug-likeness (QED) is 0.677. The molecule has 0 fully saturated rings. The minimum Gasteiger partial charge on any atom is -0.444 e. The van der Waals surface area contributed by atoms with E-state index >= 15 is 0 Å². The van der Waals surface area contributed by atoms with Gasteiger partial charge in [-0.2, -0.15) is 0 Å². The Morgan fingerprint density at radius 2 is 1.93 bits per heavy atom. The molecule has 0 saturated carbocycles. The SMILES string of the molecule is CC(C)(C)OC(=O)N(Cc1ccc(F)c(F)c1)C1CCc2cc(C=O)ccc21. The van der Waals surface area contributed by atoms with Gasteiger partial charge in [-0.3, -0.25) is 9.69 Å². The van der Waals surface area contributed by atoms with Crippen molar-refractivity contribution in [3.05, 3.63) is 70.3 Å². The van der Waals surface area contributed by atoms with Crippen LogP contribution >= 0.6 is 0 Å². The van der Waals surface area contributed by atoms with Crippen molar-refractivity contribution in [1.82, 2.24) is 4.90 Å². The maximum absolute atomic E-state index is 13.7. The molecule has 0 bridgehead atoms. The van der Waals surface area contributed by atoms with Crippen molar-refractivity contribution < 1.29 is 23.1 Å². The largest absolute Gasteiger partial charge is 0.444 e. The Kier molecular flexibility index (Phi) is 5.49. The summed E-state index contributed by atoms with van der Waals surface area (Å²) in [5.74, 6) is -1.88. The first-order chi connectivity index (χ1) is 13.2. The first kappa shape index (κ1) is 20.0. The van der Waals surface area contributed by atoms with Crippen LogP contribution in [0.5, 0.6) is 0 Å². The monoisotopic (exact) mass is 387 g/mol. The standard InChI is InChI=1S/C22H23F2NO3/c1-22(2,3)28-21(27)25(12-14-5-8-18(23)19(24)11-14)20-9-6-16-10-15(13-26)4-7-17(16)20/h4-5,7-8,10-11,13,20H,6,9,12H2,1-3H3. The van der Waals surface area contributed by atoms with E-state index < -0.39 is 23.3 Å². The van der Waals surface area contributed by atoms with E-state index in [0.29, 0.717) is 17.5 Å². The number of hydrogen-bond acceptors (Lipinski definition) is 3. The minimum atomic E-state index is -0.955. The molecular weight excluding hydrogens is 364 g/mol. The highest BCUT2D eigenvalue weighted by Crippen LogP contribution is 2.38. The van der Waals surface area contributed by atoms with Crippen molar-refractivity contribution in [3.8, 4) is 0 Å². The van der Waals surface area contributed by atoms with E-state index in [2.05, 4.69) is 0 Å². The zero-order valence-corrected chi connectivity index (χ0v) is 16.2. The molecule has 0 saturated heterocycles. The molecule has 0 aromatic heterocycles. The molecule has 1 atom stereocenters. The minimum absolute atomic E-state index is 0.0889. The predicted molar refractivity (Wildman–Crippen MR) is 101 cm³/mol. The van der Waals surface area contributed by atoms with Gasteiger partial charge in [0.15, 0.2) is 11.6 Å². The van der Waals surface area contributed by atoms with Crippen molar-refractivity contribution in [2.45, 2.75) is 51.8 Å². The summed E-state index contributed by atoms with van der Waals surface area (Å²) in [6.07, 6.45) is 1.66. The number of amides is 1. The second kappa shape index (κ2) is 7.70. The van der Waals surface area contributed by atoms with Gasteiger partial charge in [-0.05, 0) is 68.5 Å². The normalized spacial score (nSPS) is 15.8. The molecule has 0 radical (unpaired) electrons. The van der Waals surface area contributed by atoms with Gasteiger partial charge in [0, 0.05) is 12.1 Å². The van der Waals surface area contributed by atoms with Gasteiger partial charge in [0.05, 0.1) is 6.04 Å². The van der Waals surface area contributed by atoms with Crippen molar-refractivity contribution in [2.24, 2.45) is 0 Å². The number of hydrogen-bond donors (Lipinski definition) is 0. The van der Waals surface area contributed by atoms with E-state index in [1.807, 2.05) is 12.1 Å². The molecule has 2 aromatic carbocycles. The number of rotatable bonds is 4. The Morgan fingerprint density at radius 1 is 1.18 bits per heavy atom. The smallest absolute Gasteiger partial charge is 0.411 e. The van der Waals surface area contributed by atoms with Crippen LogP contribution in [0.2, 0.25) is 0 Å². The fourth-order valence-electron chi connectivity index (χ4n) is 3.47. The molecule has 148 valence electrons. The zero-order chi connectivity index (χ0) is 20.5. The van der Waals surface area contributed by atoms with Gasteiger partial charge in [-0.15, -0.1) is 0 Å². The van der Waals surface area contributed by atoms with Crippen LogP contribution in [0.15, 0.2) is 36.4 Å². The first-order valence-electron chi connectivity index (χ1n) is 9.19. The Balaban J connectivity index is 1.94. The van der Waals surface area contributed by atoms with Crippen LogP contribution in [0.3, 0.4) is 0 Å². The van der Waals surface area contributed by atoms with Gasteiger partial charge in [0.25, 0.3) is 0 Å². The van der Waals surface area contributed by atoms with E-state index in [0.717, 1.165) is 36.0 Å². The van der Waals surface area contributed by atoms with E-state index in [1.54, 1.807) is 31.7 Å². The van der Waals surface area contributed by atoms with Crippen LogP contribution < -0.4 is 0 Å². The van der Waals surface area contributed by atoms with E-state index in [-0.39, 0.29) is 12.6 Å². The number of carbonyl (C=O) groups excluding carboxylic acids is 2. The molecule has 0 N–H and O–H groups in total. The Bertz CT molecular complexity index is 905. The maximum atomic E-state index is 13.7. The maximum Gasteiger partial charge on any atom is 0.411 e. The fourth-order valence-corrected chi connectivity index (χ4v) is 3.47. The molecule has 2 aromatic rings. The van der Waals surface area contributed by atoms with Gasteiger partial charge in [-0.25, -0.2) is 13.6 Å².